The minimum atomic E-state index is -1.05. The van der Waals surface area contributed by atoms with Crippen molar-refractivity contribution < 1.29 is 28.6 Å². The molecule has 2 heterocycles. The van der Waals surface area contributed by atoms with Gasteiger partial charge in [0.2, 0.25) is 18.0 Å². The Balaban J connectivity index is 1.65. The standard InChI is InChI=1S/C21H18Cl2N2O6/c1-29-15-7-4-11-17(18(15)30-2)21(28)31-20(11)25-14(6-8-16(25)26)19(27)24-13-5-3-10(22)9-12(13)23/h3-5,7,9,14,20H,6,8H2,1-2H3,(H,24,27)/t14-,20-/m0/s1. The third-order valence-electron chi connectivity index (χ3n) is 5.27. The van der Waals surface area contributed by atoms with Gasteiger partial charge in [0.1, 0.15) is 11.6 Å². The molecular weight excluding hydrogens is 447 g/mol. The van der Waals surface area contributed by atoms with Gasteiger partial charge >= 0.3 is 5.97 Å². The van der Waals surface area contributed by atoms with Crippen LogP contribution in [-0.2, 0) is 14.3 Å². The second-order valence-corrected chi connectivity index (χ2v) is 7.84. The number of hydrogen-bond donors (Lipinski definition) is 1. The molecule has 2 aliphatic heterocycles. The van der Waals surface area contributed by atoms with Gasteiger partial charge in [0.15, 0.2) is 11.5 Å². The minimum Gasteiger partial charge on any atom is -0.493 e. The van der Waals surface area contributed by atoms with E-state index in [0.29, 0.717) is 22.0 Å². The number of nitrogens with zero attached hydrogens (tertiary/aromatic N) is 1. The normalized spacial score (nSPS) is 19.8. The summed E-state index contributed by atoms with van der Waals surface area (Å²) in [5.41, 5.74) is 0.970. The zero-order valence-electron chi connectivity index (χ0n) is 16.6. The van der Waals surface area contributed by atoms with Gasteiger partial charge in [0, 0.05) is 17.0 Å². The maximum atomic E-state index is 13.0. The molecule has 31 heavy (non-hydrogen) atoms. The number of hydrogen-bond acceptors (Lipinski definition) is 6. The van der Waals surface area contributed by atoms with Gasteiger partial charge in [-0.1, -0.05) is 23.2 Å². The summed E-state index contributed by atoms with van der Waals surface area (Å²) in [6.07, 6.45) is -0.635. The molecule has 0 radical (unpaired) electrons. The lowest BCUT2D eigenvalue weighted by Gasteiger charge is -2.29. The van der Waals surface area contributed by atoms with Crippen molar-refractivity contribution in [3.63, 3.8) is 0 Å². The van der Waals surface area contributed by atoms with Crippen molar-refractivity contribution in [2.75, 3.05) is 19.5 Å². The second kappa shape index (κ2) is 8.28. The van der Waals surface area contributed by atoms with Crippen molar-refractivity contribution in [2.45, 2.75) is 25.1 Å². The molecule has 0 unspecified atom stereocenters. The molecule has 1 N–H and O–H groups in total. The van der Waals surface area contributed by atoms with E-state index in [1.807, 2.05) is 0 Å². The number of amides is 2. The van der Waals surface area contributed by atoms with Crippen molar-refractivity contribution in [3.05, 3.63) is 51.5 Å². The van der Waals surface area contributed by atoms with E-state index in [1.54, 1.807) is 24.3 Å². The van der Waals surface area contributed by atoms with Crippen LogP contribution in [0.3, 0.4) is 0 Å². The number of ether oxygens (including phenoxy) is 3. The van der Waals surface area contributed by atoms with Crippen LogP contribution in [-0.4, -0.2) is 42.9 Å². The molecule has 10 heteroatoms. The quantitative estimate of drug-likeness (QED) is 0.676. The SMILES string of the molecule is COc1ccc2c(c1OC)C(=O)O[C@@H]2N1C(=O)CC[C@H]1C(=O)Nc1ccc(Cl)cc1Cl. The Kier molecular flexibility index (Phi) is 5.68. The lowest BCUT2D eigenvalue weighted by atomic mass is 10.1. The third-order valence-corrected chi connectivity index (χ3v) is 5.81. The first-order valence-corrected chi connectivity index (χ1v) is 10.1. The highest BCUT2D eigenvalue weighted by Gasteiger charge is 2.47. The van der Waals surface area contributed by atoms with Crippen molar-refractivity contribution in [2.24, 2.45) is 0 Å². The van der Waals surface area contributed by atoms with Crippen LogP contribution in [0.1, 0.15) is 35.0 Å². The van der Waals surface area contributed by atoms with Crippen LogP contribution in [0, 0.1) is 0 Å². The summed E-state index contributed by atoms with van der Waals surface area (Å²) >= 11 is 12.0. The molecule has 162 valence electrons. The Morgan fingerprint density at radius 3 is 2.61 bits per heavy atom. The number of benzene rings is 2. The van der Waals surface area contributed by atoms with E-state index >= 15 is 0 Å². The molecule has 4 rings (SSSR count). The van der Waals surface area contributed by atoms with Crippen molar-refractivity contribution in [1.29, 1.82) is 0 Å². The first-order chi connectivity index (χ1) is 14.8. The highest BCUT2D eigenvalue weighted by Crippen LogP contribution is 2.45. The topological polar surface area (TPSA) is 94.2 Å². The Morgan fingerprint density at radius 1 is 1.16 bits per heavy atom. The minimum absolute atomic E-state index is 0.142. The number of fused-ring (bicyclic) bond motifs is 1. The number of carbonyl (C=O) groups excluding carboxylic acids is 3. The average Bonchev–Trinajstić information content (AvgIpc) is 3.29. The van der Waals surface area contributed by atoms with Gasteiger partial charge < -0.3 is 19.5 Å². The molecule has 2 aromatic carbocycles. The van der Waals surface area contributed by atoms with Crippen molar-refractivity contribution >= 4 is 46.7 Å². The van der Waals surface area contributed by atoms with Gasteiger partial charge in [0.05, 0.1) is 24.9 Å². The number of nitrogens with one attached hydrogen (secondary N) is 1. The average molecular weight is 465 g/mol. The first-order valence-electron chi connectivity index (χ1n) is 9.38. The molecule has 1 fully saturated rings. The Hall–Kier alpha value is -2.97. The van der Waals surface area contributed by atoms with Gasteiger partial charge in [-0.3, -0.25) is 14.5 Å². The number of carbonyl (C=O) groups is 3. The van der Waals surface area contributed by atoms with Gasteiger partial charge in [-0.05, 0) is 36.8 Å². The maximum absolute atomic E-state index is 13.0. The van der Waals surface area contributed by atoms with Crippen LogP contribution >= 0.6 is 23.2 Å². The molecule has 2 aliphatic rings. The number of halogens is 2. The smallest absolute Gasteiger partial charge is 0.344 e. The predicted molar refractivity (Wildman–Crippen MR) is 113 cm³/mol. The van der Waals surface area contributed by atoms with Crippen LogP contribution in [0.25, 0.3) is 0 Å². The zero-order chi connectivity index (χ0) is 22.3. The van der Waals surface area contributed by atoms with E-state index in [0.717, 1.165) is 0 Å². The molecule has 2 amide bonds. The fourth-order valence-corrected chi connectivity index (χ4v) is 4.31. The molecule has 2 atom stereocenters. The molecular formula is C21H18Cl2N2O6. The van der Waals surface area contributed by atoms with Gasteiger partial charge in [-0.15, -0.1) is 0 Å². The maximum Gasteiger partial charge on any atom is 0.344 e. The number of cyclic esters (lactones) is 1. The number of esters is 1. The number of methoxy groups -OCH3 is 2. The summed E-state index contributed by atoms with van der Waals surface area (Å²) in [5.74, 6) is -0.829. The van der Waals surface area contributed by atoms with Gasteiger partial charge in [-0.2, -0.15) is 0 Å². The van der Waals surface area contributed by atoms with E-state index in [-0.39, 0.29) is 35.1 Å². The Labute approximate surface area is 188 Å². The van der Waals surface area contributed by atoms with Crippen LogP contribution in [0.5, 0.6) is 11.5 Å². The van der Waals surface area contributed by atoms with E-state index in [1.165, 1.54) is 25.2 Å². The van der Waals surface area contributed by atoms with Gasteiger partial charge in [-0.25, -0.2) is 4.79 Å². The number of rotatable bonds is 5. The van der Waals surface area contributed by atoms with E-state index < -0.39 is 24.1 Å². The molecule has 2 aromatic rings. The highest BCUT2D eigenvalue weighted by atomic mass is 35.5. The van der Waals surface area contributed by atoms with Crippen molar-refractivity contribution in [3.8, 4) is 11.5 Å². The fraction of sp³-hybridized carbons (Fsp3) is 0.286. The zero-order valence-corrected chi connectivity index (χ0v) is 18.1. The predicted octanol–water partition coefficient (Wildman–Crippen LogP) is 3.81. The summed E-state index contributed by atoms with van der Waals surface area (Å²) in [7, 11) is 2.86. The summed E-state index contributed by atoms with van der Waals surface area (Å²) < 4.78 is 16.1. The molecule has 0 saturated carbocycles. The monoisotopic (exact) mass is 464 g/mol. The largest absolute Gasteiger partial charge is 0.493 e. The van der Waals surface area contributed by atoms with E-state index in [9.17, 15) is 14.4 Å². The Bertz CT molecular complexity index is 1090. The lowest BCUT2D eigenvalue weighted by Crippen LogP contribution is -2.43. The van der Waals surface area contributed by atoms with Crippen LogP contribution < -0.4 is 14.8 Å². The molecule has 0 bridgehead atoms. The molecule has 0 spiro atoms. The first kappa shape index (κ1) is 21.3. The number of likely N-dealkylation sites (tertiary alicyclic amines) is 1. The van der Waals surface area contributed by atoms with Crippen molar-refractivity contribution in [1.82, 2.24) is 4.90 Å². The van der Waals surface area contributed by atoms with Gasteiger partial charge in [0.25, 0.3) is 0 Å². The highest BCUT2D eigenvalue weighted by molar-refractivity contribution is 6.36. The van der Waals surface area contributed by atoms with Crippen LogP contribution in [0.2, 0.25) is 10.0 Å². The summed E-state index contributed by atoms with van der Waals surface area (Å²) in [6, 6.07) is 7.07. The molecule has 0 aromatic heterocycles. The second-order valence-electron chi connectivity index (χ2n) is 6.99. The molecule has 8 nitrogen and oxygen atoms in total. The Morgan fingerprint density at radius 2 is 1.94 bits per heavy atom. The summed E-state index contributed by atoms with van der Waals surface area (Å²) in [5, 5.41) is 3.42. The van der Waals surface area contributed by atoms with E-state index in [4.69, 9.17) is 37.4 Å². The molecule has 1 saturated heterocycles. The fourth-order valence-electron chi connectivity index (χ4n) is 3.85. The third kappa shape index (κ3) is 3.66. The molecule has 0 aliphatic carbocycles. The lowest BCUT2D eigenvalue weighted by molar-refractivity contribution is -0.144. The van der Waals surface area contributed by atoms with Crippen LogP contribution in [0.15, 0.2) is 30.3 Å². The number of anilines is 1. The van der Waals surface area contributed by atoms with Crippen LogP contribution in [0.4, 0.5) is 5.69 Å². The van der Waals surface area contributed by atoms with E-state index in [2.05, 4.69) is 5.32 Å². The summed E-state index contributed by atoms with van der Waals surface area (Å²) in [6.45, 7) is 0. The summed E-state index contributed by atoms with van der Waals surface area (Å²) in [4.78, 5) is 39.6.